The van der Waals surface area contributed by atoms with Gasteiger partial charge in [0.2, 0.25) is 0 Å². The average molecular weight is 669 g/mol. The number of hydrogen-bond acceptors (Lipinski definition) is 2. The molecule has 1 aliphatic rings. The van der Waals surface area contributed by atoms with Crippen LogP contribution >= 0.6 is 0 Å². The predicted molar refractivity (Wildman–Crippen MR) is 220 cm³/mol. The molecule has 8 aromatic carbocycles. The fraction of sp³-hybridized carbons (Fsp3) is 0.120. The van der Waals surface area contributed by atoms with Gasteiger partial charge in [-0.3, -0.25) is 0 Å². The van der Waals surface area contributed by atoms with Crippen LogP contribution in [0.25, 0.3) is 105 Å². The molecule has 0 atom stereocenters. The van der Waals surface area contributed by atoms with Crippen molar-refractivity contribution in [3.63, 3.8) is 0 Å². The Labute approximate surface area is 301 Å². The molecule has 0 N–H and O–H groups in total. The third-order valence-electron chi connectivity index (χ3n) is 11.5. The van der Waals surface area contributed by atoms with Gasteiger partial charge in [0, 0.05) is 27.3 Å². The number of aryl methyl sites for hydroxylation is 1. The van der Waals surface area contributed by atoms with Crippen LogP contribution in [0.3, 0.4) is 0 Å². The summed E-state index contributed by atoms with van der Waals surface area (Å²) in [5.74, 6) is 1.00. The van der Waals surface area contributed by atoms with E-state index in [4.69, 9.17) is 8.83 Å². The van der Waals surface area contributed by atoms with Crippen LogP contribution in [-0.4, -0.2) is 0 Å². The number of allylic oxidation sites excluding steroid dienone is 1. The van der Waals surface area contributed by atoms with Gasteiger partial charge in [-0.05, 0) is 108 Å². The van der Waals surface area contributed by atoms with Crippen molar-refractivity contribution < 1.29 is 8.83 Å². The number of benzene rings is 8. The molecule has 1 aliphatic carbocycles. The Morgan fingerprint density at radius 2 is 1.17 bits per heavy atom. The summed E-state index contributed by atoms with van der Waals surface area (Å²) in [7, 11) is 0. The molecule has 0 radical (unpaired) electrons. The van der Waals surface area contributed by atoms with E-state index in [9.17, 15) is 0 Å². The van der Waals surface area contributed by atoms with Crippen LogP contribution in [0.2, 0.25) is 0 Å². The fourth-order valence-electron chi connectivity index (χ4n) is 8.78. The van der Waals surface area contributed by atoms with Crippen LogP contribution in [-0.2, 0) is 11.8 Å². The van der Waals surface area contributed by atoms with Crippen LogP contribution in [0, 0.1) is 0 Å². The normalized spacial score (nSPS) is 13.4. The van der Waals surface area contributed by atoms with Gasteiger partial charge in [0.25, 0.3) is 0 Å². The first-order valence-electron chi connectivity index (χ1n) is 18.4. The second-order valence-corrected chi connectivity index (χ2v) is 15.6. The molecule has 52 heavy (non-hydrogen) atoms. The van der Waals surface area contributed by atoms with Gasteiger partial charge in [-0.25, -0.2) is 0 Å². The monoisotopic (exact) mass is 668 g/mol. The molecule has 2 heterocycles. The molecule has 0 fully saturated rings. The molecule has 10 aromatic rings. The van der Waals surface area contributed by atoms with Crippen molar-refractivity contribution in [2.24, 2.45) is 0 Å². The summed E-state index contributed by atoms with van der Waals surface area (Å²) >= 11 is 0. The quantitative estimate of drug-likeness (QED) is 0.175. The van der Waals surface area contributed by atoms with Crippen molar-refractivity contribution in [3.8, 4) is 33.4 Å². The smallest absolute Gasteiger partial charge is 0.143 e. The van der Waals surface area contributed by atoms with E-state index in [1.807, 2.05) is 12.1 Å². The summed E-state index contributed by atoms with van der Waals surface area (Å²) in [6.45, 7) is 6.90. The van der Waals surface area contributed by atoms with Crippen LogP contribution in [0.5, 0.6) is 0 Å². The minimum Gasteiger partial charge on any atom is -0.456 e. The highest BCUT2D eigenvalue weighted by atomic mass is 16.3. The van der Waals surface area contributed by atoms with E-state index >= 15 is 0 Å². The van der Waals surface area contributed by atoms with Gasteiger partial charge in [-0.2, -0.15) is 0 Å². The molecule has 0 saturated carbocycles. The largest absolute Gasteiger partial charge is 0.456 e. The summed E-state index contributed by atoms with van der Waals surface area (Å²) in [6, 6.07) is 47.1. The Bertz CT molecular complexity index is 3070. The van der Waals surface area contributed by atoms with Crippen molar-refractivity contribution in [1.82, 2.24) is 0 Å². The van der Waals surface area contributed by atoms with Crippen molar-refractivity contribution in [3.05, 3.63) is 150 Å². The highest BCUT2D eigenvalue weighted by Gasteiger charge is 2.22. The number of hydrogen-bond donors (Lipinski definition) is 0. The predicted octanol–water partition coefficient (Wildman–Crippen LogP) is 14.5. The molecule has 11 rings (SSSR count). The highest BCUT2D eigenvalue weighted by molar-refractivity contribution is 6.28. The maximum atomic E-state index is 6.45. The maximum Gasteiger partial charge on any atom is 0.143 e. The zero-order chi connectivity index (χ0) is 34.7. The molecular formula is C50H36O2. The summed E-state index contributed by atoms with van der Waals surface area (Å²) in [5, 5.41) is 11.3. The van der Waals surface area contributed by atoms with Crippen LogP contribution in [0.1, 0.15) is 44.1 Å². The minimum atomic E-state index is 0.0576. The van der Waals surface area contributed by atoms with Gasteiger partial charge in [-0.15, -0.1) is 0 Å². The third-order valence-corrected chi connectivity index (χ3v) is 11.5. The minimum absolute atomic E-state index is 0.0576. The van der Waals surface area contributed by atoms with Gasteiger partial charge in [0.05, 0.1) is 0 Å². The fourth-order valence-corrected chi connectivity index (χ4v) is 8.78. The molecule has 0 unspecified atom stereocenters. The van der Waals surface area contributed by atoms with Gasteiger partial charge in [0.15, 0.2) is 0 Å². The second kappa shape index (κ2) is 10.7. The van der Waals surface area contributed by atoms with Gasteiger partial charge in [0.1, 0.15) is 22.5 Å². The lowest BCUT2D eigenvalue weighted by Crippen LogP contribution is -2.10. The molecule has 248 valence electrons. The topological polar surface area (TPSA) is 26.3 Å². The average Bonchev–Trinajstić information content (AvgIpc) is 3.74. The summed E-state index contributed by atoms with van der Waals surface area (Å²) in [5.41, 5.74) is 12.6. The van der Waals surface area contributed by atoms with E-state index in [2.05, 4.69) is 148 Å². The first-order valence-corrected chi connectivity index (χ1v) is 18.4. The first-order chi connectivity index (χ1) is 25.4. The third kappa shape index (κ3) is 4.31. The van der Waals surface area contributed by atoms with Crippen LogP contribution in [0.4, 0.5) is 0 Å². The van der Waals surface area contributed by atoms with E-state index in [1.165, 1.54) is 71.1 Å². The molecule has 0 aliphatic heterocycles. The lowest BCUT2D eigenvalue weighted by atomic mass is 9.81. The van der Waals surface area contributed by atoms with Crippen molar-refractivity contribution >= 4 is 71.3 Å². The Hall–Kier alpha value is -6.12. The SMILES string of the molecule is CC(C)(C)c1cc2ccc3c(-c4ccc(-c5cccc6c5oc5ccccc56)cc4)cc(-c4ccc5c6c(oc5c4)C=CCC6)c4ccc(c1)c2c34. The van der Waals surface area contributed by atoms with Crippen molar-refractivity contribution in [2.75, 3.05) is 0 Å². The van der Waals surface area contributed by atoms with Gasteiger partial charge < -0.3 is 8.83 Å². The number of fused-ring (bicyclic) bond motifs is 6. The van der Waals surface area contributed by atoms with E-state index in [0.717, 1.165) is 57.3 Å². The van der Waals surface area contributed by atoms with Gasteiger partial charge >= 0.3 is 0 Å². The molecule has 0 saturated heterocycles. The zero-order valence-corrected chi connectivity index (χ0v) is 29.5. The Morgan fingerprint density at radius 1 is 0.500 bits per heavy atom. The molecule has 0 bridgehead atoms. The molecular weight excluding hydrogens is 633 g/mol. The number of rotatable bonds is 3. The molecule has 2 heteroatoms. The van der Waals surface area contributed by atoms with E-state index in [-0.39, 0.29) is 5.41 Å². The molecule has 0 spiro atoms. The Kier molecular flexibility index (Phi) is 6.09. The lowest BCUT2D eigenvalue weighted by Gasteiger charge is -2.23. The van der Waals surface area contributed by atoms with Crippen molar-refractivity contribution in [2.45, 2.75) is 39.0 Å². The number of para-hydroxylation sites is 2. The summed E-state index contributed by atoms with van der Waals surface area (Å²) in [4.78, 5) is 0. The van der Waals surface area contributed by atoms with E-state index in [1.54, 1.807) is 0 Å². The molecule has 2 aromatic heterocycles. The van der Waals surface area contributed by atoms with Gasteiger partial charge in [-0.1, -0.05) is 136 Å². The van der Waals surface area contributed by atoms with Crippen LogP contribution < -0.4 is 0 Å². The maximum absolute atomic E-state index is 6.45. The van der Waals surface area contributed by atoms with Crippen LogP contribution in [0.15, 0.2) is 142 Å². The highest BCUT2D eigenvalue weighted by Crippen LogP contribution is 2.46. The molecule has 2 nitrogen and oxygen atoms in total. The Balaban J connectivity index is 1.14. The number of furan rings is 2. The van der Waals surface area contributed by atoms with E-state index < -0.39 is 0 Å². The first kappa shape index (κ1) is 29.6. The summed E-state index contributed by atoms with van der Waals surface area (Å²) < 4.78 is 12.9. The van der Waals surface area contributed by atoms with E-state index in [0.29, 0.717) is 0 Å². The molecule has 0 amide bonds. The second-order valence-electron chi connectivity index (χ2n) is 15.6. The standard InChI is InChI=1S/C50H36O2/c1-50(2,3)34-25-32-20-23-39-42(30-17-15-29(16-18-30)35-11-8-12-41-37-10-5-7-14-45(37)52-49(35)41)28-43(40-24-21-33(26-34)47(32)48(39)40)31-19-22-38-36-9-4-6-13-44(36)51-46(38)27-31/h5-8,10-28H,4,9H2,1-3H3. The van der Waals surface area contributed by atoms with Crippen molar-refractivity contribution in [1.29, 1.82) is 0 Å². The Morgan fingerprint density at radius 3 is 1.94 bits per heavy atom. The zero-order valence-electron chi connectivity index (χ0n) is 29.5. The summed E-state index contributed by atoms with van der Waals surface area (Å²) in [6.07, 6.45) is 6.44. The lowest BCUT2D eigenvalue weighted by molar-refractivity contribution is 0.591.